The van der Waals surface area contributed by atoms with Crippen LogP contribution in [-0.4, -0.2) is 36.6 Å². The minimum atomic E-state index is -0.529. The summed E-state index contributed by atoms with van der Waals surface area (Å²) in [5.74, 6) is -0.302. The Kier molecular flexibility index (Phi) is 5.05. The number of carbonyl (C=O) groups excluding carboxylic acids is 1. The Morgan fingerprint density at radius 3 is 3.05 bits per heavy atom. The molecule has 1 saturated heterocycles. The third-order valence-corrected chi connectivity index (χ3v) is 3.34. The van der Waals surface area contributed by atoms with E-state index in [1.54, 1.807) is 6.07 Å². The van der Waals surface area contributed by atoms with Gasteiger partial charge in [0.1, 0.15) is 5.69 Å². The van der Waals surface area contributed by atoms with Gasteiger partial charge in [0.25, 0.3) is 5.69 Å². The maximum absolute atomic E-state index is 11.9. The molecule has 1 aromatic carbocycles. The first kappa shape index (κ1) is 14.9. The van der Waals surface area contributed by atoms with Crippen LogP contribution in [0.2, 0.25) is 0 Å². The number of hydrogen-bond donors (Lipinski definition) is 2. The molecule has 0 saturated carbocycles. The summed E-state index contributed by atoms with van der Waals surface area (Å²) in [4.78, 5) is 22.3. The lowest BCUT2D eigenvalue weighted by atomic mass is 10.2. The van der Waals surface area contributed by atoms with Gasteiger partial charge in [-0.15, -0.1) is 0 Å². The van der Waals surface area contributed by atoms with E-state index in [0.717, 1.165) is 6.54 Å². The number of anilines is 1. The number of nitro groups is 1. The highest BCUT2D eigenvalue weighted by Crippen LogP contribution is 2.28. The number of nitrogens with zero attached hydrogens (tertiary/aromatic N) is 1. The number of amides is 1. The van der Waals surface area contributed by atoms with Crippen molar-refractivity contribution in [2.45, 2.75) is 12.5 Å². The molecule has 0 aliphatic carbocycles. The van der Waals surface area contributed by atoms with Gasteiger partial charge in [-0.2, -0.15) is 0 Å². The van der Waals surface area contributed by atoms with Crippen LogP contribution in [-0.2, 0) is 9.53 Å². The maximum atomic E-state index is 11.9. The highest BCUT2D eigenvalue weighted by atomic mass is 79.9. The molecule has 0 aromatic heterocycles. The molecule has 108 valence electrons. The van der Waals surface area contributed by atoms with Crippen LogP contribution in [0.4, 0.5) is 11.4 Å². The van der Waals surface area contributed by atoms with Crippen LogP contribution in [0, 0.1) is 10.1 Å². The van der Waals surface area contributed by atoms with Crippen molar-refractivity contribution in [3.05, 3.63) is 32.8 Å². The number of carbonyl (C=O) groups is 1. The predicted molar refractivity (Wildman–Crippen MR) is 76.7 cm³/mol. The van der Waals surface area contributed by atoms with Crippen LogP contribution >= 0.6 is 15.9 Å². The SMILES string of the molecule is O=C(CC1CNCCO1)Nc1ccc(Br)cc1[N+](=O)[O-]. The Hall–Kier alpha value is -1.51. The van der Waals surface area contributed by atoms with Crippen molar-refractivity contribution in [2.75, 3.05) is 25.0 Å². The Morgan fingerprint density at radius 1 is 1.60 bits per heavy atom. The van der Waals surface area contributed by atoms with Crippen molar-refractivity contribution >= 4 is 33.2 Å². The third-order valence-electron chi connectivity index (χ3n) is 2.85. The fourth-order valence-electron chi connectivity index (χ4n) is 1.92. The van der Waals surface area contributed by atoms with E-state index in [9.17, 15) is 14.9 Å². The Morgan fingerprint density at radius 2 is 2.40 bits per heavy atom. The van der Waals surface area contributed by atoms with E-state index in [-0.39, 0.29) is 29.8 Å². The molecule has 1 aliphatic heterocycles. The number of benzene rings is 1. The maximum Gasteiger partial charge on any atom is 0.293 e. The summed E-state index contributed by atoms with van der Waals surface area (Å²) in [7, 11) is 0. The molecule has 1 heterocycles. The highest BCUT2D eigenvalue weighted by Gasteiger charge is 2.20. The second-order valence-corrected chi connectivity index (χ2v) is 5.28. The monoisotopic (exact) mass is 343 g/mol. The van der Waals surface area contributed by atoms with Crippen LogP contribution < -0.4 is 10.6 Å². The van der Waals surface area contributed by atoms with E-state index in [1.807, 2.05) is 0 Å². The lowest BCUT2D eigenvalue weighted by Crippen LogP contribution is -2.40. The molecular weight excluding hydrogens is 330 g/mol. The largest absolute Gasteiger partial charge is 0.375 e. The number of rotatable bonds is 4. The summed E-state index contributed by atoms with van der Waals surface area (Å²) in [6.45, 7) is 1.95. The quantitative estimate of drug-likeness (QED) is 0.640. The topological polar surface area (TPSA) is 93.5 Å². The zero-order valence-corrected chi connectivity index (χ0v) is 12.2. The second kappa shape index (κ2) is 6.78. The second-order valence-electron chi connectivity index (χ2n) is 4.37. The summed E-state index contributed by atoms with van der Waals surface area (Å²) in [6, 6.07) is 4.50. The molecule has 1 aromatic rings. The summed E-state index contributed by atoms with van der Waals surface area (Å²) >= 11 is 3.17. The number of morpholine rings is 1. The average molecular weight is 344 g/mol. The smallest absolute Gasteiger partial charge is 0.293 e. The van der Waals surface area contributed by atoms with Gasteiger partial charge in [0.2, 0.25) is 5.91 Å². The van der Waals surface area contributed by atoms with Crippen molar-refractivity contribution in [3.8, 4) is 0 Å². The van der Waals surface area contributed by atoms with Crippen LogP contribution in [0.1, 0.15) is 6.42 Å². The summed E-state index contributed by atoms with van der Waals surface area (Å²) in [6.07, 6.45) is -0.0292. The fraction of sp³-hybridized carbons (Fsp3) is 0.417. The molecule has 20 heavy (non-hydrogen) atoms. The molecule has 1 atom stereocenters. The first-order valence-corrected chi connectivity index (χ1v) is 6.91. The van der Waals surface area contributed by atoms with Crippen LogP contribution in [0.3, 0.4) is 0 Å². The number of ether oxygens (including phenoxy) is 1. The number of halogens is 1. The van der Waals surface area contributed by atoms with E-state index in [1.165, 1.54) is 12.1 Å². The van der Waals surface area contributed by atoms with E-state index < -0.39 is 4.92 Å². The zero-order chi connectivity index (χ0) is 14.5. The van der Waals surface area contributed by atoms with Gasteiger partial charge in [-0.25, -0.2) is 0 Å². The van der Waals surface area contributed by atoms with Crippen LogP contribution in [0.25, 0.3) is 0 Å². The van der Waals surface area contributed by atoms with E-state index >= 15 is 0 Å². The molecule has 1 amide bonds. The third kappa shape index (κ3) is 3.99. The molecule has 1 aliphatic rings. The van der Waals surface area contributed by atoms with Crippen molar-refractivity contribution in [1.29, 1.82) is 0 Å². The molecule has 2 N–H and O–H groups in total. The van der Waals surface area contributed by atoms with Gasteiger partial charge in [0, 0.05) is 23.6 Å². The molecule has 8 heteroatoms. The lowest BCUT2D eigenvalue weighted by Gasteiger charge is -2.23. The minimum Gasteiger partial charge on any atom is -0.375 e. The zero-order valence-electron chi connectivity index (χ0n) is 10.6. The molecule has 0 radical (unpaired) electrons. The first-order valence-electron chi connectivity index (χ1n) is 6.12. The first-order chi connectivity index (χ1) is 9.56. The Labute approximate surface area is 124 Å². The predicted octanol–water partition coefficient (Wildman–Crippen LogP) is 1.67. The standard InChI is InChI=1S/C12H14BrN3O4/c13-8-1-2-10(11(5-8)16(18)19)15-12(17)6-9-7-14-3-4-20-9/h1-2,5,9,14H,3-4,6-7H2,(H,15,17). The van der Waals surface area contributed by atoms with Crippen LogP contribution in [0.5, 0.6) is 0 Å². The summed E-state index contributed by atoms with van der Waals surface area (Å²) in [5.41, 5.74) is 0.0439. The van der Waals surface area contributed by atoms with Gasteiger partial charge in [0.05, 0.1) is 24.1 Å². The molecular formula is C12H14BrN3O4. The van der Waals surface area contributed by atoms with Gasteiger partial charge in [-0.1, -0.05) is 15.9 Å². The number of nitro benzene ring substituents is 1. The van der Waals surface area contributed by atoms with Gasteiger partial charge in [-0.3, -0.25) is 14.9 Å². The highest BCUT2D eigenvalue weighted by molar-refractivity contribution is 9.10. The van der Waals surface area contributed by atoms with Crippen LogP contribution in [0.15, 0.2) is 22.7 Å². The van der Waals surface area contributed by atoms with Crippen molar-refractivity contribution < 1.29 is 14.5 Å². The van der Waals surface area contributed by atoms with Gasteiger partial charge in [-0.05, 0) is 12.1 Å². The van der Waals surface area contributed by atoms with Crippen molar-refractivity contribution in [1.82, 2.24) is 5.32 Å². The van der Waals surface area contributed by atoms with E-state index in [4.69, 9.17) is 4.74 Å². The number of hydrogen-bond acceptors (Lipinski definition) is 5. The van der Waals surface area contributed by atoms with Gasteiger partial charge >= 0.3 is 0 Å². The van der Waals surface area contributed by atoms with E-state index in [0.29, 0.717) is 17.6 Å². The Balaban J connectivity index is 2.01. The fourth-order valence-corrected chi connectivity index (χ4v) is 2.27. The van der Waals surface area contributed by atoms with Crippen molar-refractivity contribution in [2.24, 2.45) is 0 Å². The molecule has 7 nitrogen and oxygen atoms in total. The number of nitrogens with one attached hydrogen (secondary N) is 2. The van der Waals surface area contributed by atoms with Gasteiger partial charge in [0.15, 0.2) is 0 Å². The Bertz CT molecular complexity index is 517. The van der Waals surface area contributed by atoms with Crippen molar-refractivity contribution in [3.63, 3.8) is 0 Å². The average Bonchev–Trinajstić information content (AvgIpc) is 2.41. The molecule has 0 spiro atoms. The lowest BCUT2D eigenvalue weighted by molar-refractivity contribution is -0.384. The normalized spacial score (nSPS) is 18.6. The molecule has 2 rings (SSSR count). The molecule has 1 fully saturated rings. The minimum absolute atomic E-state index is 0.143. The molecule has 0 bridgehead atoms. The summed E-state index contributed by atoms with van der Waals surface area (Å²) < 4.78 is 6.00. The summed E-state index contributed by atoms with van der Waals surface area (Å²) in [5, 5.41) is 16.6. The molecule has 1 unspecified atom stereocenters. The van der Waals surface area contributed by atoms with Gasteiger partial charge < -0.3 is 15.4 Å². The van der Waals surface area contributed by atoms with E-state index in [2.05, 4.69) is 26.6 Å².